The van der Waals surface area contributed by atoms with E-state index in [1.165, 1.54) is 18.1 Å². The second-order valence-electron chi connectivity index (χ2n) is 6.80. The average molecular weight is 450 g/mol. The molecule has 162 valence electrons. The van der Waals surface area contributed by atoms with Crippen LogP contribution in [0.2, 0.25) is 0 Å². The number of hydrogen-bond donors (Lipinski definition) is 1. The van der Waals surface area contributed by atoms with Crippen molar-refractivity contribution in [2.45, 2.75) is 11.6 Å². The highest BCUT2D eigenvalue weighted by Gasteiger charge is 2.16. The second-order valence-corrected chi connectivity index (χ2v) is 7.77. The van der Waals surface area contributed by atoms with E-state index in [0.717, 1.165) is 17.0 Å². The summed E-state index contributed by atoms with van der Waals surface area (Å²) >= 11 is 1.28. The first-order valence-electron chi connectivity index (χ1n) is 9.70. The zero-order chi connectivity index (χ0) is 21.9. The normalized spacial score (nSPS) is 12.2. The van der Waals surface area contributed by atoms with E-state index >= 15 is 0 Å². The van der Waals surface area contributed by atoms with Gasteiger partial charge >= 0.3 is 0 Å². The van der Waals surface area contributed by atoms with Crippen LogP contribution in [0.4, 0.5) is 0 Å². The summed E-state index contributed by atoms with van der Waals surface area (Å²) in [5, 5.41) is 11.9. The average Bonchev–Trinajstić information content (AvgIpc) is 3.48. The lowest BCUT2D eigenvalue weighted by atomic mass is 10.2. The number of amides is 1. The Bertz CT molecular complexity index is 1280. The van der Waals surface area contributed by atoms with E-state index in [2.05, 4.69) is 25.6 Å². The molecule has 10 nitrogen and oxygen atoms in total. The van der Waals surface area contributed by atoms with E-state index < -0.39 is 0 Å². The Kier molecular flexibility index (Phi) is 5.46. The number of aromatic nitrogens is 5. The van der Waals surface area contributed by atoms with Gasteiger partial charge in [-0.2, -0.15) is 4.68 Å². The van der Waals surface area contributed by atoms with Crippen LogP contribution < -0.4 is 19.5 Å². The maximum atomic E-state index is 12.4. The molecule has 0 unspecified atom stereocenters. The molecule has 32 heavy (non-hydrogen) atoms. The molecular formula is C21H18N6O4S. The topological polar surface area (TPSA) is 113 Å². The molecule has 0 aliphatic carbocycles. The zero-order valence-corrected chi connectivity index (χ0v) is 17.8. The molecule has 3 heterocycles. The van der Waals surface area contributed by atoms with Gasteiger partial charge < -0.3 is 19.5 Å². The molecule has 0 radical (unpaired) electrons. The quantitative estimate of drug-likeness (QED) is 0.335. The van der Waals surface area contributed by atoms with Gasteiger partial charge in [-0.3, -0.25) is 4.79 Å². The number of thioether (sulfide) groups is 1. The van der Waals surface area contributed by atoms with Crippen molar-refractivity contribution in [2.24, 2.45) is 0 Å². The number of carbonyl (C=O) groups is 1. The minimum Gasteiger partial charge on any atom is -0.497 e. The first kappa shape index (κ1) is 20.1. The Balaban J connectivity index is 1.24. The van der Waals surface area contributed by atoms with Gasteiger partial charge in [0, 0.05) is 6.54 Å². The maximum absolute atomic E-state index is 12.4. The molecule has 2 aromatic heterocycles. The molecule has 1 aliphatic rings. The molecule has 1 N–H and O–H groups in total. The van der Waals surface area contributed by atoms with E-state index in [9.17, 15) is 4.79 Å². The Morgan fingerprint density at radius 3 is 2.84 bits per heavy atom. The number of benzene rings is 2. The number of ether oxygens (including phenoxy) is 3. The van der Waals surface area contributed by atoms with Crippen molar-refractivity contribution >= 4 is 28.8 Å². The maximum Gasteiger partial charge on any atom is 0.231 e. The summed E-state index contributed by atoms with van der Waals surface area (Å²) in [6.07, 6.45) is 1.44. The van der Waals surface area contributed by atoms with Crippen LogP contribution in [-0.2, 0) is 11.3 Å². The van der Waals surface area contributed by atoms with E-state index in [1.807, 2.05) is 42.5 Å². The first-order chi connectivity index (χ1) is 15.7. The molecule has 0 bridgehead atoms. The van der Waals surface area contributed by atoms with Crippen molar-refractivity contribution < 1.29 is 19.0 Å². The van der Waals surface area contributed by atoms with E-state index in [0.29, 0.717) is 34.2 Å². The zero-order valence-electron chi connectivity index (χ0n) is 17.0. The van der Waals surface area contributed by atoms with Crippen LogP contribution in [0.1, 0.15) is 5.56 Å². The van der Waals surface area contributed by atoms with Crippen molar-refractivity contribution in [1.29, 1.82) is 0 Å². The third-order valence-corrected chi connectivity index (χ3v) is 5.77. The highest BCUT2D eigenvalue weighted by molar-refractivity contribution is 8.00. The molecule has 0 saturated heterocycles. The van der Waals surface area contributed by atoms with E-state index in [1.54, 1.807) is 11.8 Å². The van der Waals surface area contributed by atoms with Gasteiger partial charge in [-0.1, -0.05) is 23.0 Å². The number of rotatable bonds is 7. The molecule has 1 aliphatic heterocycles. The summed E-state index contributed by atoms with van der Waals surface area (Å²) < 4.78 is 17.5. The Labute approximate surface area is 186 Å². The third kappa shape index (κ3) is 4.02. The van der Waals surface area contributed by atoms with E-state index in [-0.39, 0.29) is 18.5 Å². The molecular weight excluding hydrogens is 432 g/mol. The minimum atomic E-state index is -0.123. The van der Waals surface area contributed by atoms with Crippen LogP contribution in [0.15, 0.2) is 53.8 Å². The standard InChI is InChI=1S/C21H18N6O4S/c1-29-15-5-3-14(4-6-15)27-20-19(25-26-27)21(24-11-23-20)32-10-18(28)22-9-13-2-7-16-17(8-13)31-12-30-16/h2-8,11H,9-10,12H2,1H3,(H,22,28). The minimum absolute atomic E-state index is 0.123. The first-order valence-corrected chi connectivity index (χ1v) is 10.7. The van der Waals surface area contributed by atoms with Gasteiger partial charge in [-0.15, -0.1) is 5.10 Å². The number of nitrogens with one attached hydrogen (secondary N) is 1. The van der Waals surface area contributed by atoms with Crippen molar-refractivity contribution in [1.82, 2.24) is 30.3 Å². The van der Waals surface area contributed by atoms with Crippen LogP contribution in [0.5, 0.6) is 17.2 Å². The lowest BCUT2D eigenvalue weighted by Gasteiger charge is -2.06. The van der Waals surface area contributed by atoms with Gasteiger partial charge in [0.2, 0.25) is 12.7 Å². The molecule has 4 aromatic rings. The molecule has 5 rings (SSSR count). The molecule has 11 heteroatoms. The second kappa shape index (κ2) is 8.71. The summed E-state index contributed by atoms with van der Waals surface area (Å²) in [4.78, 5) is 21.0. The van der Waals surface area contributed by atoms with Gasteiger partial charge in [0.05, 0.1) is 18.6 Å². The Morgan fingerprint density at radius 1 is 1.16 bits per heavy atom. The lowest BCUT2D eigenvalue weighted by molar-refractivity contribution is -0.118. The predicted octanol–water partition coefficient (Wildman–Crippen LogP) is 2.36. The van der Waals surface area contributed by atoms with Crippen LogP contribution in [-0.4, -0.2) is 50.5 Å². The summed E-state index contributed by atoms with van der Waals surface area (Å²) in [6.45, 7) is 0.612. The number of carbonyl (C=O) groups excluding carboxylic acids is 1. The van der Waals surface area contributed by atoms with Gasteiger partial charge in [0.1, 0.15) is 17.1 Å². The van der Waals surface area contributed by atoms with Crippen LogP contribution in [0.3, 0.4) is 0 Å². The van der Waals surface area contributed by atoms with Crippen LogP contribution in [0, 0.1) is 0 Å². The molecule has 2 aromatic carbocycles. The van der Waals surface area contributed by atoms with Crippen molar-refractivity contribution in [3.8, 4) is 22.9 Å². The molecule has 0 saturated carbocycles. The van der Waals surface area contributed by atoms with Gasteiger partial charge in [-0.05, 0) is 42.0 Å². The van der Waals surface area contributed by atoms with E-state index in [4.69, 9.17) is 14.2 Å². The molecule has 0 atom stereocenters. The van der Waals surface area contributed by atoms with Crippen LogP contribution in [0.25, 0.3) is 16.9 Å². The summed E-state index contributed by atoms with van der Waals surface area (Å²) in [6, 6.07) is 13.0. The Hall–Kier alpha value is -3.86. The molecule has 0 fully saturated rings. The largest absolute Gasteiger partial charge is 0.497 e. The number of methoxy groups -OCH3 is 1. The predicted molar refractivity (Wildman–Crippen MR) is 116 cm³/mol. The third-order valence-electron chi connectivity index (χ3n) is 4.79. The fraction of sp³-hybridized carbons (Fsp3) is 0.190. The monoisotopic (exact) mass is 450 g/mol. The number of fused-ring (bicyclic) bond motifs is 2. The van der Waals surface area contributed by atoms with Gasteiger partial charge in [0.15, 0.2) is 22.7 Å². The van der Waals surface area contributed by atoms with Crippen molar-refractivity contribution in [3.05, 3.63) is 54.4 Å². The van der Waals surface area contributed by atoms with Gasteiger partial charge in [-0.25, -0.2) is 9.97 Å². The smallest absolute Gasteiger partial charge is 0.231 e. The fourth-order valence-corrected chi connectivity index (χ4v) is 3.93. The number of nitrogens with zero attached hydrogens (tertiary/aromatic N) is 5. The summed E-state index contributed by atoms with van der Waals surface area (Å²) in [5.41, 5.74) is 2.83. The van der Waals surface area contributed by atoms with Crippen LogP contribution >= 0.6 is 11.8 Å². The Morgan fingerprint density at radius 2 is 2.00 bits per heavy atom. The fourth-order valence-electron chi connectivity index (χ4n) is 3.17. The summed E-state index contributed by atoms with van der Waals surface area (Å²) in [7, 11) is 1.61. The molecule has 1 amide bonds. The van der Waals surface area contributed by atoms with Gasteiger partial charge in [0.25, 0.3) is 0 Å². The lowest BCUT2D eigenvalue weighted by Crippen LogP contribution is -2.24. The highest BCUT2D eigenvalue weighted by atomic mass is 32.2. The SMILES string of the molecule is COc1ccc(-n2nnc3c(SCC(=O)NCc4ccc5c(c4)OCO5)ncnc32)cc1. The number of hydrogen-bond acceptors (Lipinski definition) is 9. The molecule has 0 spiro atoms. The summed E-state index contributed by atoms with van der Waals surface area (Å²) in [5.74, 6) is 2.21. The van der Waals surface area contributed by atoms with Crippen molar-refractivity contribution in [2.75, 3.05) is 19.7 Å². The van der Waals surface area contributed by atoms with Crippen molar-refractivity contribution in [3.63, 3.8) is 0 Å². The highest BCUT2D eigenvalue weighted by Crippen LogP contribution is 2.32.